The van der Waals surface area contributed by atoms with Crippen molar-refractivity contribution in [2.75, 3.05) is 36.9 Å². The van der Waals surface area contributed by atoms with Gasteiger partial charge in [0.1, 0.15) is 10.8 Å². The summed E-state index contributed by atoms with van der Waals surface area (Å²) < 4.78 is 6.00. The van der Waals surface area contributed by atoms with Gasteiger partial charge >= 0.3 is 6.09 Å². The number of aliphatic hydroxyl groups is 1. The molecule has 2 heterocycles. The predicted octanol–water partition coefficient (Wildman–Crippen LogP) is 4.43. The zero-order valence-electron chi connectivity index (χ0n) is 20.7. The molecule has 0 bridgehead atoms. The van der Waals surface area contributed by atoms with Crippen molar-refractivity contribution in [2.45, 2.75) is 46.1 Å². The molecule has 10 heteroatoms. The SMILES string of the molecule is CCOC(=O)NCCNc1nc(C)c(-c2nc3ccccc3s2)c(NC2(C)CCC(CO)C2C)n1. The van der Waals surface area contributed by atoms with Gasteiger partial charge in [-0.3, -0.25) is 0 Å². The lowest BCUT2D eigenvalue weighted by Gasteiger charge is -2.34. The van der Waals surface area contributed by atoms with Crippen LogP contribution in [0.3, 0.4) is 0 Å². The van der Waals surface area contributed by atoms with Gasteiger partial charge in [-0.05, 0) is 57.6 Å². The predicted molar refractivity (Wildman–Crippen MR) is 140 cm³/mol. The molecule has 1 aliphatic carbocycles. The van der Waals surface area contributed by atoms with Crippen LogP contribution in [0.1, 0.15) is 39.3 Å². The van der Waals surface area contributed by atoms with Gasteiger partial charge < -0.3 is 25.8 Å². The number of amides is 1. The van der Waals surface area contributed by atoms with Crippen molar-refractivity contribution >= 4 is 39.4 Å². The van der Waals surface area contributed by atoms with Crippen LogP contribution in [-0.2, 0) is 4.74 Å². The molecule has 0 saturated heterocycles. The lowest BCUT2D eigenvalue weighted by Crippen LogP contribution is -2.40. The van der Waals surface area contributed by atoms with E-state index in [2.05, 4.69) is 35.9 Å². The third-order valence-electron chi connectivity index (χ3n) is 6.94. The second-order valence-corrected chi connectivity index (χ2v) is 10.3. The standard InChI is InChI=1S/C25H34N6O3S/c1-5-34-24(33)27-13-12-26-23-28-16(3)20(22-29-18-8-6-7-9-19(18)35-22)21(30-23)31-25(4)11-10-17(14-32)15(25)2/h6-9,15,17,32H,5,10-14H2,1-4H3,(H,27,33)(H2,26,28,30,31). The molecule has 0 radical (unpaired) electrons. The van der Waals surface area contributed by atoms with E-state index in [9.17, 15) is 9.90 Å². The molecule has 1 fully saturated rings. The maximum atomic E-state index is 11.5. The summed E-state index contributed by atoms with van der Waals surface area (Å²) in [5.41, 5.74) is 2.44. The number of aliphatic hydroxyl groups excluding tert-OH is 1. The van der Waals surface area contributed by atoms with Crippen LogP contribution in [0.15, 0.2) is 24.3 Å². The van der Waals surface area contributed by atoms with E-state index in [-0.39, 0.29) is 24.0 Å². The van der Waals surface area contributed by atoms with E-state index < -0.39 is 6.09 Å². The molecule has 9 nitrogen and oxygen atoms in total. The number of aryl methyl sites for hydroxylation is 1. The lowest BCUT2D eigenvalue weighted by molar-refractivity contribution is 0.152. The van der Waals surface area contributed by atoms with Gasteiger partial charge in [0, 0.05) is 25.2 Å². The zero-order chi connectivity index (χ0) is 25.0. The second kappa shape index (κ2) is 10.7. The Hall–Kier alpha value is -2.98. The summed E-state index contributed by atoms with van der Waals surface area (Å²) in [7, 11) is 0. The van der Waals surface area contributed by atoms with E-state index in [1.807, 2.05) is 25.1 Å². The number of alkyl carbamates (subject to hydrolysis) is 1. The molecule has 3 atom stereocenters. The topological polar surface area (TPSA) is 121 Å². The molecule has 0 aliphatic heterocycles. The summed E-state index contributed by atoms with van der Waals surface area (Å²) in [6, 6.07) is 8.08. The Labute approximate surface area is 209 Å². The number of aromatic nitrogens is 3. The number of benzene rings is 1. The molecule has 1 amide bonds. The normalized spacial score (nSPS) is 21.7. The fourth-order valence-electron chi connectivity index (χ4n) is 4.68. The first-order valence-electron chi connectivity index (χ1n) is 12.1. The molecule has 188 valence electrons. The third kappa shape index (κ3) is 5.48. The minimum absolute atomic E-state index is 0.187. The van der Waals surface area contributed by atoms with E-state index >= 15 is 0 Å². The highest BCUT2D eigenvalue weighted by Crippen LogP contribution is 2.44. The van der Waals surface area contributed by atoms with Crippen molar-refractivity contribution in [2.24, 2.45) is 11.8 Å². The molecule has 3 unspecified atom stereocenters. The molecule has 4 rings (SSSR count). The van der Waals surface area contributed by atoms with Gasteiger partial charge in [0.05, 0.1) is 28.1 Å². The van der Waals surface area contributed by atoms with Crippen molar-refractivity contribution in [3.05, 3.63) is 30.0 Å². The van der Waals surface area contributed by atoms with Crippen LogP contribution in [0, 0.1) is 18.8 Å². The van der Waals surface area contributed by atoms with Gasteiger partial charge in [-0.1, -0.05) is 19.1 Å². The minimum Gasteiger partial charge on any atom is -0.450 e. The number of ether oxygens (including phenoxy) is 1. The Kier molecular flexibility index (Phi) is 7.71. The zero-order valence-corrected chi connectivity index (χ0v) is 21.5. The Balaban J connectivity index is 1.64. The van der Waals surface area contributed by atoms with Crippen LogP contribution in [0.25, 0.3) is 20.8 Å². The largest absolute Gasteiger partial charge is 0.450 e. The molecule has 0 spiro atoms. The Morgan fingerprint density at radius 1 is 1.26 bits per heavy atom. The summed E-state index contributed by atoms with van der Waals surface area (Å²) in [5.74, 6) is 1.74. The van der Waals surface area contributed by atoms with Crippen molar-refractivity contribution in [3.63, 3.8) is 0 Å². The number of hydrogen-bond donors (Lipinski definition) is 4. The van der Waals surface area contributed by atoms with Crippen LogP contribution in [0.4, 0.5) is 16.6 Å². The number of nitrogens with zero attached hydrogens (tertiary/aromatic N) is 3. The number of carbonyl (C=O) groups is 1. The summed E-state index contributed by atoms with van der Waals surface area (Å²) in [5, 5.41) is 20.3. The van der Waals surface area contributed by atoms with Gasteiger partial charge in [0.25, 0.3) is 0 Å². The average Bonchev–Trinajstić information content (AvgIpc) is 3.37. The van der Waals surface area contributed by atoms with Crippen LogP contribution >= 0.6 is 11.3 Å². The van der Waals surface area contributed by atoms with E-state index in [0.29, 0.717) is 25.6 Å². The molecule has 35 heavy (non-hydrogen) atoms. The molecule has 2 aromatic heterocycles. The number of fused-ring (bicyclic) bond motifs is 1. The molecule has 1 saturated carbocycles. The van der Waals surface area contributed by atoms with E-state index in [1.54, 1.807) is 18.3 Å². The van der Waals surface area contributed by atoms with Gasteiger partial charge in [-0.15, -0.1) is 11.3 Å². The van der Waals surface area contributed by atoms with Crippen molar-refractivity contribution in [1.82, 2.24) is 20.3 Å². The fraction of sp³-hybridized carbons (Fsp3) is 0.520. The van der Waals surface area contributed by atoms with Crippen LogP contribution in [-0.4, -0.2) is 58.0 Å². The fourth-order valence-corrected chi connectivity index (χ4v) is 5.74. The molecular formula is C25H34N6O3S. The van der Waals surface area contributed by atoms with Crippen molar-refractivity contribution in [1.29, 1.82) is 0 Å². The number of rotatable bonds is 9. The van der Waals surface area contributed by atoms with Gasteiger partial charge in [0.2, 0.25) is 5.95 Å². The number of nitrogens with one attached hydrogen (secondary N) is 3. The monoisotopic (exact) mass is 498 g/mol. The average molecular weight is 499 g/mol. The Morgan fingerprint density at radius 3 is 2.77 bits per heavy atom. The summed E-state index contributed by atoms with van der Waals surface area (Å²) in [6.07, 6.45) is 1.46. The number of para-hydroxylation sites is 1. The van der Waals surface area contributed by atoms with Crippen molar-refractivity contribution < 1.29 is 14.6 Å². The molecule has 1 aliphatic rings. The van der Waals surface area contributed by atoms with Crippen LogP contribution in [0.5, 0.6) is 0 Å². The Bertz CT molecular complexity index is 1150. The number of hydrogen-bond acceptors (Lipinski definition) is 9. The second-order valence-electron chi connectivity index (χ2n) is 9.23. The number of anilines is 2. The first-order valence-corrected chi connectivity index (χ1v) is 12.9. The van der Waals surface area contributed by atoms with Crippen LogP contribution in [0.2, 0.25) is 0 Å². The maximum Gasteiger partial charge on any atom is 0.407 e. The molecule has 4 N–H and O–H groups in total. The third-order valence-corrected chi connectivity index (χ3v) is 7.99. The van der Waals surface area contributed by atoms with Gasteiger partial charge in [-0.25, -0.2) is 14.8 Å². The highest BCUT2D eigenvalue weighted by molar-refractivity contribution is 7.21. The van der Waals surface area contributed by atoms with Crippen LogP contribution < -0.4 is 16.0 Å². The number of carbonyl (C=O) groups excluding carboxylic acids is 1. The summed E-state index contributed by atoms with van der Waals surface area (Å²) >= 11 is 1.62. The first-order chi connectivity index (χ1) is 16.8. The van der Waals surface area contributed by atoms with Gasteiger partial charge in [0.15, 0.2) is 0 Å². The maximum absolute atomic E-state index is 11.5. The van der Waals surface area contributed by atoms with E-state index in [0.717, 1.165) is 45.1 Å². The smallest absolute Gasteiger partial charge is 0.407 e. The highest BCUT2D eigenvalue weighted by atomic mass is 32.1. The van der Waals surface area contributed by atoms with E-state index in [4.69, 9.17) is 19.7 Å². The molecule has 1 aromatic carbocycles. The summed E-state index contributed by atoms with van der Waals surface area (Å²) in [6.45, 7) is 9.48. The summed E-state index contributed by atoms with van der Waals surface area (Å²) in [4.78, 5) is 25.9. The number of thiazole rings is 1. The highest BCUT2D eigenvalue weighted by Gasteiger charge is 2.42. The lowest BCUT2D eigenvalue weighted by atomic mass is 9.86. The Morgan fingerprint density at radius 2 is 2.06 bits per heavy atom. The molecule has 3 aromatic rings. The quantitative estimate of drug-likeness (QED) is 0.320. The van der Waals surface area contributed by atoms with E-state index in [1.165, 1.54) is 0 Å². The van der Waals surface area contributed by atoms with Gasteiger partial charge in [-0.2, -0.15) is 4.98 Å². The first kappa shape index (κ1) is 25.1. The van der Waals surface area contributed by atoms with Crippen molar-refractivity contribution in [3.8, 4) is 10.6 Å². The molecular weight excluding hydrogens is 464 g/mol. The minimum atomic E-state index is -0.443.